The van der Waals surface area contributed by atoms with Crippen LogP contribution >= 0.6 is 0 Å². The number of esters is 1. The molecule has 0 heterocycles. The van der Waals surface area contributed by atoms with Crippen LogP contribution in [0.25, 0.3) is 0 Å². The summed E-state index contributed by atoms with van der Waals surface area (Å²) in [5.74, 6) is 0.00939. The lowest BCUT2D eigenvalue weighted by molar-refractivity contribution is -0.146. The van der Waals surface area contributed by atoms with Crippen molar-refractivity contribution < 1.29 is 9.53 Å². The predicted octanol–water partition coefficient (Wildman–Crippen LogP) is 0.618. The van der Waals surface area contributed by atoms with E-state index in [4.69, 9.17) is 18.3 Å². The highest BCUT2D eigenvalue weighted by Gasteiger charge is 2.43. The first kappa shape index (κ1) is 12.2. The quantitative estimate of drug-likeness (QED) is 0.597. The van der Waals surface area contributed by atoms with E-state index < -0.39 is 5.54 Å². The van der Waals surface area contributed by atoms with Gasteiger partial charge in [-0.2, -0.15) is 0 Å². The number of nitrogens with two attached hydrogens (primary N) is 1. The number of hydrogen-bond acceptors (Lipinski definition) is 3. The van der Waals surface area contributed by atoms with Crippen molar-refractivity contribution in [3.8, 4) is 0 Å². The summed E-state index contributed by atoms with van der Waals surface area (Å²) in [6, 6.07) is 7.76. The second-order valence-electron chi connectivity index (χ2n) is 4.75. The fourth-order valence-electron chi connectivity index (χ4n) is 2.52. The molecular formula is C13H16BNO2. The van der Waals surface area contributed by atoms with E-state index in [1.54, 1.807) is 0 Å². The Labute approximate surface area is 103 Å². The lowest BCUT2D eigenvalue weighted by Gasteiger charge is -2.20. The Hall–Kier alpha value is -1.29. The van der Waals surface area contributed by atoms with Crippen LogP contribution < -0.4 is 11.2 Å². The zero-order valence-electron chi connectivity index (χ0n) is 9.98. The second kappa shape index (κ2) is 4.53. The van der Waals surface area contributed by atoms with Gasteiger partial charge in [-0.1, -0.05) is 29.7 Å². The molecule has 0 amide bonds. The highest BCUT2D eigenvalue weighted by molar-refractivity contribution is 6.32. The van der Waals surface area contributed by atoms with Gasteiger partial charge in [0.2, 0.25) is 0 Å². The smallest absolute Gasteiger partial charge is 0.325 e. The average Bonchev–Trinajstić information content (AvgIpc) is 2.73. The zero-order valence-corrected chi connectivity index (χ0v) is 9.98. The lowest BCUT2D eigenvalue weighted by atomic mass is 9.89. The van der Waals surface area contributed by atoms with Gasteiger partial charge in [0.15, 0.2) is 0 Å². The topological polar surface area (TPSA) is 52.3 Å². The summed E-state index contributed by atoms with van der Waals surface area (Å²) in [6.45, 7) is 0. The van der Waals surface area contributed by atoms with Crippen LogP contribution in [0, 0.1) is 0 Å². The molecule has 0 saturated heterocycles. The van der Waals surface area contributed by atoms with E-state index in [2.05, 4.69) is 0 Å². The van der Waals surface area contributed by atoms with E-state index >= 15 is 0 Å². The van der Waals surface area contributed by atoms with Crippen LogP contribution in [0.5, 0.6) is 0 Å². The van der Waals surface area contributed by atoms with Gasteiger partial charge in [-0.3, -0.25) is 4.79 Å². The SMILES string of the molecule is [B]c1ccc([C@@H]2CC[C@](N)(C(=O)OC)C2)cc1. The van der Waals surface area contributed by atoms with E-state index in [1.165, 1.54) is 12.7 Å². The van der Waals surface area contributed by atoms with Crippen LogP contribution in [0.3, 0.4) is 0 Å². The summed E-state index contributed by atoms with van der Waals surface area (Å²) in [7, 11) is 7.03. The van der Waals surface area contributed by atoms with Crippen molar-refractivity contribution in [1.29, 1.82) is 0 Å². The molecule has 2 N–H and O–H groups in total. The molecule has 1 aromatic rings. The molecule has 0 unspecified atom stereocenters. The third-order valence-electron chi connectivity index (χ3n) is 3.55. The molecule has 2 radical (unpaired) electrons. The Kier molecular flexibility index (Phi) is 3.25. The molecule has 0 aliphatic heterocycles. The van der Waals surface area contributed by atoms with Gasteiger partial charge in [0, 0.05) is 0 Å². The molecule has 2 atom stereocenters. The normalized spacial score (nSPS) is 28.0. The Bertz CT molecular complexity index is 418. The largest absolute Gasteiger partial charge is 0.468 e. The molecule has 1 aliphatic rings. The first-order valence-electron chi connectivity index (χ1n) is 5.78. The third-order valence-corrected chi connectivity index (χ3v) is 3.55. The van der Waals surface area contributed by atoms with Crippen LogP contribution in [0.4, 0.5) is 0 Å². The van der Waals surface area contributed by atoms with Crippen molar-refractivity contribution >= 4 is 19.3 Å². The minimum absolute atomic E-state index is 0.310. The average molecular weight is 229 g/mol. The van der Waals surface area contributed by atoms with Crippen molar-refractivity contribution in [2.75, 3.05) is 7.11 Å². The van der Waals surface area contributed by atoms with Crippen LogP contribution in [0.2, 0.25) is 0 Å². The highest BCUT2D eigenvalue weighted by Crippen LogP contribution is 2.39. The molecule has 3 nitrogen and oxygen atoms in total. The number of carbonyl (C=O) groups excluding carboxylic acids is 1. The van der Waals surface area contributed by atoms with E-state index in [0.29, 0.717) is 18.8 Å². The summed E-state index contributed by atoms with van der Waals surface area (Å²) < 4.78 is 4.76. The maximum absolute atomic E-state index is 11.6. The molecule has 1 fully saturated rings. The van der Waals surface area contributed by atoms with Gasteiger partial charge in [0.25, 0.3) is 0 Å². The molecule has 4 heteroatoms. The molecule has 1 saturated carbocycles. The van der Waals surface area contributed by atoms with Crippen LogP contribution in [-0.4, -0.2) is 26.5 Å². The van der Waals surface area contributed by atoms with Gasteiger partial charge in [0.05, 0.1) is 7.11 Å². The van der Waals surface area contributed by atoms with E-state index in [1.807, 2.05) is 24.3 Å². The minimum atomic E-state index is -0.819. The summed E-state index contributed by atoms with van der Waals surface area (Å²) in [4.78, 5) is 11.6. The first-order valence-corrected chi connectivity index (χ1v) is 5.78. The van der Waals surface area contributed by atoms with E-state index in [9.17, 15) is 4.79 Å². The van der Waals surface area contributed by atoms with E-state index in [0.717, 1.165) is 11.9 Å². The Morgan fingerprint density at radius 1 is 1.47 bits per heavy atom. The van der Waals surface area contributed by atoms with Crippen molar-refractivity contribution in [1.82, 2.24) is 0 Å². The van der Waals surface area contributed by atoms with E-state index in [-0.39, 0.29) is 5.97 Å². The molecular weight excluding hydrogens is 213 g/mol. The fourth-order valence-corrected chi connectivity index (χ4v) is 2.52. The highest BCUT2D eigenvalue weighted by atomic mass is 16.5. The summed E-state index contributed by atoms with van der Waals surface area (Å²) in [6.07, 6.45) is 2.23. The van der Waals surface area contributed by atoms with Gasteiger partial charge in [-0.15, -0.1) is 0 Å². The number of rotatable bonds is 2. The standard InChI is InChI=1S/C13H16BNO2/c1-17-12(16)13(15)7-6-10(8-13)9-2-4-11(14)5-3-9/h2-5,10H,6-8,15H2,1H3/t10-,13-/m1/s1. The fraction of sp³-hybridized carbons (Fsp3) is 0.462. The van der Waals surface area contributed by atoms with Crippen LogP contribution in [0.15, 0.2) is 24.3 Å². The van der Waals surface area contributed by atoms with Crippen molar-refractivity contribution in [2.24, 2.45) is 5.73 Å². The Morgan fingerprint density at radius 3 is 2.71 bits per heavy atom. The Balaban J connectivity index is 2.12. The number of methoxy groups -OCH3 is 1. The molecule has 17 heavy (non-hydrogen) atoms. The van der Waals surface area contributed by atoms with Gasteiger partial charge in [0.1, 0.15) is 13.4 Å². The number of benzene rings is 1. The van der Waals surface area contributed by atoms with Crippen molar-refractivity contribution in [2.45, 2.75) is 30.7 Å². The molecule has 0 spiro atoms. The molecule has 1 aliphatic carbocycles. The number of carbonyl (C=O) groups is 1. The summed E-state index contributed by atoms with van der Waals surface area (Å²) in [5, 5.41) is 0. The van der Waals surface area contributed by atoms with Crippen molar-refractivity contribution in [3.05, 3.63) is 29.8 Å². The predicted molar refractivity (Wildman–Crippen MR) is 67.4 cm³/mol. The van der Waals surface area contributed by atoms with Crippen molar-refractivity contribution in [3.63, 3.8) is 0 Å². The number of hydrogen-bond donors (Lipinski definition) is 1. The molecule has 0 bridgehead atoms. The maximum Gasteiger partial charge on any atom is 0.325 e. The lowest BCUT2D eigenvalue weighted by Crippen LogP contribution is -2.46. The third kappa shape index (κ3) is 2.37. The summed E-state index contributed by atoms with van der Waals surface area (Å²) >= 11 is 0. The van der Waals surface area contributed by atoms with Gasteiger partial charge < -0.3 is 10.5 Å². The van der Waals surface area contributed by atoms with Gasteiger partial charge in [-0.05, 0) is 30.7 Å². The second-order valence-corrected chi connectivity index (χ2v) is 4.75. The van der Waals surface area contributed by atoms with Crippen LogP contribution in [0.1, 0.15) is 30.7 Å². The summed E-state index contributed by atoms with van der Waals surface area (Å²) in [5.41, 5.74) is 7.19. The van der Waals surface area contributed by atoms with Gasteiger partial charge >= 0.3 is 5.97 Å². The maximum atomic E-state index is 11.6. The monoisotopic (exact) mass is 229 g/mol. The molecule has 88 valence electrons. The molecule has 2 rings (SSSR count). The minimum Gasteiger partial charge on any atom is -0.468 e. The van der Waals surface area contributed by atoms with Gasteiger partial charge in [-0.25, -0.2) is 0 Å². The zero-order chi connectivity index (χ0) is 12.5. The number of ether oxygens (including phenoxy) is 1. The Morgan fingerprint density at radius 2 is 2.12 bits per heavy atom. The molecule has 1 aromatic carbocycles. The first-order chi connectivity index (χ1) is 8.05. The molecule has 0 aromatic heterocycles. The van der Waals surface area contributed by atoms with Crippen LogP contribution in [-0.2, 0) is 9.53 Å².